The maximum absolute atomic E-state index is 6.39. The van der Waals surface area contributed by atoms with E-state index in [4.69, 9.17) is 15.2 Å². The Balaban J connectivity index is 1.96. The lowest BCUT2D eigenvalue weighted by molar-refractivity contribution is 0.174. The largest absolute Gasteiger partial charge is 0.454 e. The number of rotatable bonds is 8. The summed E-state index contributed by atoms with van der Waals surface area (Å²) >= 11 is 0. The minimum Gasteiger partial charge on any atom is -0.454 e. The first-order valence-electron chi connectivity index (χ1n) is 8.01. The zero-order valence-corrected chi connectivity index (χ0v) is 13.5. The summed E-state index contributed by atoms with van der Waals surface area (Å²) in [4.78, 5) is 2.46. The molecule has 1 unspecified atom stereocenters. The number of benzene rings is 1. The molecule has 2 rings (SSSR count). The molecule has 0 bridgehead atoms. The Morgan fingerprint density at radius 3 is 2.67 bits per heavy atom. The summed E-state index contributed by atoms with van der Waals surface area (Å²) in [5, 5.41) is 0. The van der Waals surface area contributed by atoms with E-state index in [2.05, 4.69) is 25.7 Å². The van der Waals surface area contributed by atoms with E-state index in [1.54, 1.807) is 0 Å². The van der Waals surface area contributed by atoms with Crippen molar-refractivity contribution in [2.45, 2.75) is 52.1 Å². The van der Waals surface area contributed by atoms with E-state index in [-0.39, 0.29) is 6.04 Å². The molecule has 118 valence electrons. The molecule has 0 fully saturated rings. The number of nitrogens with two attached hydrogens (primary N) is 1. The van der Waals surface area contributed by atoms with Gasteiger partial charge in [0, 0.05) is 18.6 Å². The predicted molar refractivity (Wildman–Crippen MR) is 85.7 cm³/mol. The molecule has 0 saturated heterocycles. The van der Waals surface area contributed by atoms with Gasteiger partial charge in [0.15, 0.2) is 11.5 Å². The maximum Gasteiger partial charge on any atom is 0.231 e. The molecule has 4 nitrogen and oxygen atoms in total. The van der Waals surface area contributed by atoms with E-state index in [9.17, 15) is 0 Å². The first kappa shape index (κ1) is 16.1. The van der Waals surface area contributed by atoms with Crippen molar-refractivity contribution in [3.05, 3.63) is 23.8 Å². The highest BCUT2D eigenvalue weighted by Crippen LogP contribution is 2.34. The van der Waals surface area contributed by atoms with Crippen LogP contribution in [0, 0.1) is 0 Å². The van der Waals surface area contributed by atoms with Gasteiger partial charge in [-0.25, -0.2) is 0 Å². The van der Waals surface area contributed by atoms with Crippen LogP contribution in [-0.4, -0.2) is 30.8 Å². The zero-order valence-electron chi connectivity index (χ0n) is 13.5. The van der Waals surface area contributed by atoms with Crippen molar-refractivity contribution < 1.29 is 9.47 Å². The molecule has 2 N–H and O–H groups in total. The Kier molecular flexibility index (Phi) is 5.88. The number of hydrogen-bond donors (Lipinski definition) is 1. The molecule has 1 atom stereocenters. The summed E-state index contributed by atoms with van der Waals surface area (Å²) in [5.74, 6) is 1.62. The van der Waals surface area contributed by atoms with E-state index in [0.717, 1.165) is 30.2 Å². The van der Waals surface area contributed by atoms with Crippen LogP contribution in [0.2, 0.25) is 0 Å². The van der Waals surface area contributed by atoms with Crippen LogP contribution >= 0.6 is 0 Å². The molecule has 1 aliphatic heterocycles. The Hall–Kier alpha value is -1.26. The van der Waals surface area contributed by atoms with Crippen LogP contribution in [0.4, 0.5) is 0 Å². The second-order valence-corrected chi connectivity index (χ2v) is 6.01. The van der Waals surface area contributed by atoms with E-state index in [1.807, 2.05) is 18.2 Å². The molecule has 0 aliphatic carbocycles. The fraction of sp³-hybridized carbons (Fsp3) is 0.647. The van der Waals surface area contributed by atoms with Crippen molar-refractivity contribution in [3.8, 4) is 11.5 Å². The van der Waals surface area contributed by atoms with E-state index < -0.39 is 0 Å². The summed E-state index contributed by atoms with van der Waals surface area (Å²) in [5.41, 5.74) is 7.51. The van der Waals surface area contributed by atoms with Gasteiger partial charge < -0.3 is 15.2 Å². The number of nitrogens with zero attached hydrogens (tertiary/aromatic N) is 1. The molecule has 0 spiro atoms. The minimum absolute atomic E-state index is 0.00327. The lowest BCUT2D eigenvalue weighted by Gasteiger charge is -2.29. The Labute approximate surface area is 128 Å². The summed E-state index contributed by atoms with van der Waals surface area (Å²) in [6.45, 7) is 9.00. The molecular weight excluding hydrogens is 264 g/mol. The van der Waals surface area contributed by atoms with Gasteiger partial charge in [0.25, 0.3) is 0 Å². The predicted octanol–water partition coefficient (Wildman–Crippen LogP) is 3.32. The third kappa shape index (κ3) is 4.35. The third-order valence-corrected chi connectivity index (χ3v) is 4.04. The van der Waals surface area contributed by atoms with Crippen LogP contribution < -0.4 is 15.2 Å². The topological polar surface area (TPSA) is 47.7 Å². The van der Waals surface area contributed by atoms with Gasteiger partial charge in [-0.1, -0.05) is 25.8 Å². The van der Waals surface area contributed by atoms with Gasteiger partial charge in [0.05, 0.1) is 0 Å². The SMILES string of the molecule is CCCCCN(CC(N)c1ccc2c(c1)OCO2)C(C)C. The van der Waals surface area contributed by atoms with Gasteiger partial charge in [0.1, 0.15) is 0 Å². The molecular formula is C17H28N2O2. The molecule has 21 heavy (non-hydrogen) atoms. The molecule has 0 radical (unpaired) electrons. The summed E-state index contributed by atoms with van der Waals surface area (Å²) in [6, 6.07) is 6.53. The van der Waals surface area contributed by atoms with Crippen LogP contribution in [0.3, 0.4) is 0 Å². The van der Waals surface area contributed by atoms with Crippen LogP contribution in [0.5, 0.6) is 11.5 Å². The van der Waals surface area contributed by atoms with Crippen LogP contribution in [0.25, 0.3) is 0 Å². The molecule has 1 heterocycles. The van der Waals surface area contributed by atoms with Gasteiger partial charge in [-0.2, -0.15) is 0 Å². The quantitative estimate of drug-likeness (QED) is 0.747. The normalized spacial score (nSPS) is 15.0. The van der Waals surface area contributed by atoms with E-state index >= 15 is 0 Å². The fourth-order valence-electron chi connectivity index (χ4n) is 2.63. The first-order valence-corrected chi connectivity index (χ1v) is 8.01. The molecule has 1 aliphatic rings. The molecule has 4 heteroatoms. The average molecular weight is 292 g/mol. The maximum atomic E-state index is 6.39. The van der Waals surface area contributed by atoms with Gasteiger partial charge >= 0.3 is 0 Å². The molecule has 1 aromatic rings. The second kappa shape index (κ2) is 7.66. The van der Waals surface area contributed by atoms with Crippen molar-refractivity contribution in [2.24, 2.45) is 5.73 Å². The Morgan fingerprint density at radius 2 is 1.95 bits per heavy atom. The number of unbranched alkanes of at least 4 members (excludes halogenated alkanes) is 2. The summed E-state index contributed by atoms with van der Waals surface area (Å²) in [6.07, 6.45) is 3.77. The fourth-order valence-corrected chi connectivity index (χ4v) is 2.63. The second-order valence-electron chi connectivity index (χ2n) is 6.01. The number of ether oxygens (including phenoxy) is 2. The van der Waals surface area contributed by atoms with Crippen molar-refractivity contribution in [1.29, 1.82) is 0 Å². The molecule has 0 saturated carbocycles. The highest BCUT2D eigenvalue weighted by molar-refractivity contribution is 5.45. The molecule has 0 amide bonds. The van der Waals surface area contributed by atoms with Gasteiger partial charge in [-0.05, 0) is 44.5 Å². The Morgan fingerprint density at radius 1 is 1.19 bits per heavy atom. The molecule has 1 aromatic carbocycles. The summed E-state index contributed by atoms with van der Waals surface area (Å²) in [7, 11) is 0. The van der Waals surface area contributed by atoms with Crippen molar-refractivity contribution >= 4 is 0 Å². The Bertz CT molecular complexity index is 448. The molecule has 0 aromatic heterocycles. The number of hydrogen-bond acceptors (Lipinski definition) is 4. The van der Waals surface area contributed by atoms with Gasteiger partial charge in [-0.3, -0.25) is 4.90 Å². The van der Waals surface area contributed by atoms with E-state index in [1.165, 1.54) is 19.3 Å². The van der Waals surface area contributed by atoms with Crippen molar-refractivity contribution in [3.63, 3.8) is 0 Å². The van der Waals surface area contributed by atoms with Gasteiger partial charge in [-0.15, -0.1) is 0 Å². The van der Waals surface area contributed by atoms with Gasteiger partial charge in [0.2, 0.25) is 6.79 Å². The van der Waals surface area contributed by atoms with Crippen molar-refractivity contribution in [1.82, 2.24) is 4.90 Å². The summed E-state index contributed by atoms with van der Waals surface area (Å²) < 4.78 is 10.8. The van der Waals surface area contributed by atoms with Crippen LogP contribution in [-0.2, 0) is 0 Å². The number of fused-ring (bicyclic) bond motifs is 1. The van der Waals surface area contributed by atoms with Crippen LogP contribution in [0.15, 0.2) is 18.2 Å². The highest BCUT2D eigenvalue weighted by Gasteiger charge is 2.18. The lowest BCUT2D eigenvalue weighted by atomic mass is 10.1. The monoisotopic (exact) mass is 292 g/mol. The first-order chi connectivity index (χ1) is 10.1. The van der Waals surface area contributed by atoms with Crippen molar-refractivity contribution in [2.75, 3.05) is 19.9 Å². The third-order valence-electron chi connectivity index (χ3n) is 4.04. The smallest absolute Gasteiger partial charge is 0.231 e. The standard InChI is InChI=1S/C17H28N2O2/c1-4-5-6-9-19(13(2)3)11-15(18)14-7-8-16-17(10-14)21-12-20-16/h7-8,10,13,15H,4-6,9,11-12,18H2,1-3H3. The van der Waals surface area contributed by atoms with Crippen LogP contribution in [0.1, 0.15) is 51.6 Å². The highest BCUT2D eigenvalue weighted by atomic mass is 16.7. The van der Waals surface area contributed by atoms with E-state index in [0.29, 0.717) is 12.8 Å². The average Bonchev–Trinajstić information content (AvgIpc) is 2.93. The minimum atomic E-state index is 0.00327. The lowest BCUT2D eigenvalue weighted by Crippen LogP contribution is -2.37. The zero-order chi connectivity index (χ0) is 15.2.